The summed E-state index contributed by atoms with van der Waals surface area (Å²) in [6, 6.07) is 0. The average Bonchev–Trinajstić information content (AvgIpc) is 2.97. The summed E-state index contributed by atoms with van der Waals surface area (Å²) in [5, 5.41) is 45.2. The quantitative estimate of drug-likeness (QED) is 0.187. The van der Waals surface area contributed by atoms with E-state index in [1.807, 2.05) is 20.8 Å². The summed E-state index contributed by atoms with van der Waals surface area (Å²) in [6.07, 6.45) is 5.68. The third-order valence-electron chi connectivity index (χ3n) is 14.8. The van der Waals surface area contributed by atoms with E-state index >= 15 is 0 Å². The standard InChI is InChI=1S/C37H58O8/c1-10-21(2)31(43)45-30-29(42)37(20-39)24(17-32(30,4)5)23-11-12-26-33(6)15-14-27(41)34(7,19-38)25(33)13-16-35(26,8)36(23,9)18-28(37)44-22(3)40/h10-11,24-30,38-39,41-42H,12-20H2,1-9H3. The van der Waals surface area contributed by atoms with Crippen molar-refractivity contribution in [1.29, 1.82) is 0 Å². The molecule has 45 heavy (non-hydrogen) atoms. The number of esters is 2. The van der Waals surface area contributed by atoms with E-state index in [0.29, 0.717) is 24.8 Å². The number of rotatable bonds is 5. The van der Waals surface area contributed by atoms with Crippen LogP contribution in [0.15, 0.2) is 23.3 Å². The highest BCUT2D eigenvalue weighted by Gasteiger charge is 2.73. The van der Waals surface area contributed by atoms with Gasteiger partial charge in [-0.05, 0) is 92.8 Å². The van der Waals surface area contributed by atoms with Gasteiger partial charge in [0.2, 0.25) is 0 Å². The molecule has 0 amide bonds. The van der Waals surface area contributed by atoms with Crippen LogP contribution in [0.25, 0.3) is 0 Å². The van der Waals surface area contributed by atoms with Crippen molar-refractivity contribution in [2.75, 3.05) is 13.2 Å². The molecule has 12 unspecified atom stereocenters. The Labute approximate surface area is 269 Å². The van der Waals surface area contributed by atoms with Gasteiger partial charge in [0.1, 0.15) is 18.3 Å². The van der Waals surface area contributed by atoms with E-state index < -0.39 is 64.6 Å². The lowest BCUT2D eigenvalue weighted by Gasteiger charge is -2.72. The summed E-state index contributed by atoms with van der Waals surface area (Å²) < 4.78 is 12.2. The van der Waals surface area contributed by atoms with E-state index in [-0.39, 0.29) is 35.2 Å². The number of carbonyl (C=O) groups excluding carboxylic acids is 2. The van der Waals surface area contributed by atoms with Crippen LogP contribution in [-0.4, -0.2) is 70.0 Å². The van der Waals surface area contributed by atoms with Gasteiger partial charge < -0.3 is 29.9 Å². The van der Waals surface area contributed by atoms with Gasteiger partial charge in [-0.3, -0.25) is 4.79 Å². The van der Waals surface area contributed by atoms with E-state index in [1.54, 1.807) is 19.9 Å². The molecule has 0 aromatic heterocycles. The molecule has 8 heteroatoms. The molecule has 5 rings (SSSR count). The Hall–Kier alpha value is -1.74. The molecule has 12 atom stereocenters. The van der Waals surface area contributed by atoms with Crippen molar-refractivity contribution in [3.05, 3.63) is 23.3 Å². The predicted molar refractivity (Wildman–Crippen MR) is 171 cm³/mol. The lowest BCUT2D eigenvalue weighted by Crippen LogP contribution is -2.72. The van der Waals surface area contributed by atoms with Crippen molar-refractivity contribution in [2.45, 2.75) is 132 Å². The van der Waals surface area contributed by atoms with Crippen molar-refractivity contribution < 1.29 is 39.5 Å². The van der Waals surface area contributed by atoms with Gasteiger partial charge >= 0.3 is 11.9 Å². The molecule has 5 aliphatic carbocycles. The van der Waals surface area contributed by atoms with E-state index in [0.717, 1.165) is 25.7 Å². The van der Waals surface area contributed by atoms with Crippen molar-refractivity contribution in [3.8, 4) is 0 Å². The average molecular weight is 631 g/mol. The Bertz CT molecular complexity index is 1270. The molecule has 5 aliphatic rings. The first-order valence-corrected chi connectivity index (χ1v) is 17.1. The first kappa shape index (κ1) is 34.6. The molecule has 4 saturated carbocycles. The second-order valence-corrected chi connectivity index (χ2v) is 17.1. The van der Waals surface area contributed by atoms with Crippen LogP contribution in [0.2, 0.25) is 0 Å². The molecule has 4 N–H and O–H groups in total. The predicted octanol–water partition coefficient (Wildman–Crippen LogP) is 5.11. The normalized spacial score (nSPS) is 49.0. The van der Waals surface area contributed by atoms with Gasteiger partial charge in [-0.1, -0.05) is 59.3 Å². The van der Waals surface area contributed by atoms with Crippen LogP contribution in [0.4, 0.5) is 0 Å². The second-order valence-electron chi connectivity index (χ2n) is 17.1. The van der Waals surface area contributed by atoms with Gasteiger partial charge in [0.25, 0.3) is 0 Å². The zero-order chi connectivity index (χ0) is 33.5. The van der Waals surface area contributed by atoms with Gasteiger partial charge in [0.15, 0.2) is 0 Å². The van der Waals surface area contributed by atoms with Crippen LogP contribution in [0, 0.1) is 50.2 Å². The Balaban J connectivity index is 1.64. The summed E-state index contributed by atoms with van der Waals surface area (Å²) in [5.41, 5.74) is -1.48. The number of aliphatic hydroxyl groups is 4. The van der Waals surface area contributed by atoms with Gasteiger partial charge in [-0.2, -0.15) is 0 Å². The van der Waals surface area contributed by atoms with Crippen molar-refractivity contribution >= 4 is 11.9 Å². The Morgan fingerprint density at radius 2 is 1.60 bits per heavy atom. The highest BCUT2D eigenvalue weighted by molar-refractivity contribution is 5.87. The van der Waals surface area contributed by atoms with Crippen LogP contribution >= 0.6 is 0 Å². The van der Waals surface area contributed by atoms with Crippen LogP contribution in [0.3, 0.4) is 0 Å². The summed E-state index contributed by atoms with van der Waals surface area (Å²) in [7, 11) is 0. The van der Waals surface area contributed by atoms with Crippen LogP contribution in [0.1, 0.15) is 107 Å². The minimum Gasteiger partial charge on any atom is -0.462 e. The third-order valence-corrected chi connectivity index (χ3v) is 14.8. The monoisotopic (exact) mass is 630 g/mol. The molecular weight excluding hydrogens is 572 g/mol. The largest absolute Gasteiger partial charge is 0.462 e. The van der Waals surface area contributed by atoms with Crippen LogP contribution in [-0.2, 0) is 19.1 Å². The van der Waals surface area contributed by atoms with Crippen LogP contribution in [0.5, 0.6) is 0 Å². The zero-order valence-corrected chi connectivity index (χ0v) is 29.0. The maximum absolute atomic E-state index is 13.0. The molecule has 0 spiro atoms. The minimum atomic E-state index is -1.26. The third kappa shape index (κ3) is 4.58. The van der Waals surface area contributed by atoms with Crippen molar-refractivity contribution in [1.82, 2.24) is 0 Å². The summed E-state index contributed by atoms with van der Waals surface area (Å²) in [4.78, 5) is 25.7. The number of hydrogen-bond donors (Lipinski definition) is 4. The first-order chi connectivity index (χ1) is 20.8. The molecule has 8 nitrogen and oxygen atoms in total. The molecule has 0 aromatic carbocycles. The van der Waals surface area contributed by atoms with Crippen LogP contribution < -0.4 is 0 Å². The molecular formula is C37H58O8. The van der Waals surface area contributed by atoms with Crippen molar-refractivity contribution in [2.24, 2.45) is 50.2 Å². The SMILES string of the molecule is CC=C(C)C(=O)OC1C(O)C2(CO)C(OC(C)=O)CC3(C)C(=CCC4C5(C)CCC(O)C(C)(CO)C5CCC43C)C2CC1(C)C. The first-order valence-electron chi connectivity index (χ1n) is 17.1. The van der Waals surface area contributed by atoms with E-state index in [9.17, 15) is 30.0 Å². The molecule has 0 aromatic rings. The molecule has 0 saturated heterocycles. The number of hydrogen-bond acceptors (Lipinski definition) is 8. The van der Waals surface area contributed by atoms with E-state index in [1.165, 1.54) is 12.5 Å². The lowest BCUT2D eigenvalue weighted by molar-refractivity contribution is -0.266. The molecule has 0 heterocycles. The molecule has 4 fully saturated rings. The van der Waals surface area contributed by atoms with E-state index in [4.69, 9.17) is 9.47 Å². The summed E-state index contributed by atoms with van der Waals surface area (Å²) in [5.74, 6) is -0.824. The topological polar surface area (TPSA) is 134 Å². The van der Waals surface area contributed by atoms with E-state index in [2.05, 4.69) is 26.8 Å². The fourth-order valence-electron chi connectivity index (χ4n) is 11.8. The zero-order valence-electron chi connectivity index (χ0n) is 29.0. The maximum Gasteiger partial charge on any atom is 0.333 e. The number of allylic oxidation sites excluding steroid dienone is 3. The van der Waals surface area contributed by atoms with Gasteiger partial charge in [-0.25, -0.2) is 4.79 Å². The Morgan fingerprint density at radius 1 is 0.933 bits per heavy atom. The smallest absolute Gasteiger partial charge is 0.333 e. The summed E-state index contributed by atoms with van der Waals surface area (Å²) in [6.45, 7) is 17.5. The number of fused-ring (bicyclic) bond motifs is 7. The molecule has 0 bridgehead atoms. The lowest BCUT2D eigenvalue weighted by atomic mass is 9.33. The van der Waals surface area contributed by atoms with Gasteiger partial charge in [-0.15, -0.1) is 0 Å². The van der Waals surface area contributed by atoms with Gasteiger partial charge in [0, 0.05) is 23.3 Å². The minimum absolute atomic E-state index is 0.0435. The number of carbonyl (C=O) groups is 2. The number of ether oxygens (including phenoxy) is 2. The highest BCUT2D eigenvalue weighted by Crippen LogP contribution is 2.76. The Morgan fingerprint density at radius 3 is 2.18 bits per heavy atom. The maximum atomic E-state index is 13.0. The number of aliphatic hydroxyl groups excluding tert-OH is 4. The molecule has 0 radical (unpaired) electrons. The van der Waals surface area contributed by atoms with Crippen molar-refractivity contribution in [3.63, 3.8) is 0 Å². The molecule has 0 aliphatic heterocycles. The highest BCUT2D eigenvalue weighted by atomic mass is 16.6. The second kappa shape index (κ2) is 11.2. The summed E-state index contributed by atoms with van der Waals surface area (Å²) >= 11 is 0. The molecule has 254 valence electrons. The fraction of sp³-hybridized carbons (Fsp3) is 0.838. The fourth-order valence-corrected chi connectivity index (χ4v) is 11.8. The van der Waals surface area contributed by atoms with Gasteiger partial charge in [0.05, 0.1) is 24.7 Å². The Kier molecular flexibility index (Phi) is 8.58.